The van der Waals surface area contributed by atoms with E-state index >= 15 is 0 Å². The highest BCUT2D eigenvalue weighted by Gasteiger charge is 2.08. The Morgan fingerprint density at radius 3 is 2.55 bits per heavy atom. The first-order valence-corrected chi connectivity index (χ1v) is 7.08. The van der Waals surface area contributed by atoms with Crippen LogP contribution in [0.2, 0.25) is 0 Å². The van der Waals surface area contributed by atoms with Crippen LogP contribution in [0, 0.1) is 0 Å². The molecule has 0 atom stereocenters. The van der Waals surface area contributed by atoms with Crippen LogP contribution in [-0.4, -0.2) is 4.98 Å². The van der Waals surface area contributed by atoms with E-state index in [9.17, 15) is 0 Å². The topological polar surface area (TPSA) is 48.1 Å². The lowest BCUT2D eigenvalue weighted by Crippen LogP contribution is -2.00. The zero-order valence-corrected chi connectivity index (χ0v) is 12.3. The molecule has 3 nitrogen and oxygen atoms in total. The largest absolute Gasteiger partial charge is 0.455 e. The van der Waals surface area contributed by atoms with Crippen molar-refractivity contribution < 1.29 is 4.74 Å². The summed E-state index contributed by atoms with van der Waals surface area (Å²) in [6, 6.07) is 17.5. The molecule has 2 aromatic carbocycles. The third kappa shape index (κ3) is 2.53. The monoisotopic (exact) mass is 328 g/mol. The van der Waals surface area contributed by atoms with Gasteiger partial charge in [-0.3, -0.25) is 4.98 Å². The Balaban J connectivity index is 2.13. The lowest BCUT2D eigenvalue weighted by atomic mass is 10.2. The number of fused-ring (bicyclic) bond motifs is 1. The molecule has 1 aromatic heterocycles. The molecule has 2 N–H and O–H groups in total. The van der Waals surface area contributed by atoms with Gasteiger partial charge in [-0.2, -0.15) is 0 Å². The number of hydrogen-bond acceptors (Lipinski definition) is 3. The van der Waals surface area contributed by atoms with Gasteiger partial charge in [-0.25, -0.2) is 0 Å². The summed E-state index contributed by atoms with van der Waals surface area (Å²) in [7, 11) is 0. The smallest absolute Gasteiger partial charge is 0.141 e. The molecule has 100 valence electrons. The lowest BCUT2D eigenvalue weighted by Gasteiger charge is -2.11. The number of rotatable bonds is 3. The Morgan fingerprint density at radius 1 is 1.00 bits per heavy atom. The molecule has 3 rings (SSSR count). The van der Waals surface area contributed by atoms with Gasteiger partial charge in [0.2, 0.25) is 0 Å². The van der Waals surface area contributed by atoms with E-state index in [-0.39, 0.29) is 0 Å². The Hall–Kier alpha value is -1.91. The first kappa shape index (κ1) is 13.1. The molecule has 20 heavy (non-hydrogen) atoms. The lowest BCUT2D eigenvalue weighted by molar-refractivity contribution is 0.484. The molecule has 0 saturated carbocycles. The van der Waals surface area contributed by atoms with Crippen molar-refractivity contribution in [3.05, 3.63) is 64.8 Å². The third-order valence-electron chi connectivity index (χ3n) is 3.00. The molecule has 0 aliphatic rings. The Labute approximate surface area is 125 Å². The van der Waals surface area contributed by atoms with Crippen molar-refractivity contribution in [2.24, 2.45) is 5.73 Å². The quantitative estimate of drug-likeness (QED) is 0.781. The van der Waals surface area contributed by atoms with Crippen LogP contribution >= 0.6 is 15.9 Å². The standard InChI is InChI=1S/C16H13BrN2O/c17-13-6-2-4-8-15(13)20-16-9-11(10-18)19-14-7-3-1-5-12(14)16/h1-9H,10,18H2. The maximum atomic E-state index is 6.02. The molecular formula is C16H13BrN2O. The number of pyridine rings is 1. The highest BCUT2D eigenvalue weighted by atomic mass is 79.9. The van der Waals surface area contributed by atoms with Gasteiger partial charge in [-0.15, -0.1) is 0 Å². The highest BCUT2D eigenvalue weighted by molar-refractivity contribution is 9.10. The number of nitrogens with zero attached hydrogens (tertiary/aromatic N) is 1. The Bertz CT molecular complexity index is 758. The molecule has 3 aromatic rings. The third-order valence-corrected chi connectivity index (χ3v) is 3.65. The second-order valence-electron chi connectivity index (χ2n) is 4.37. The number of nitrogens with two attached hydrogens (primary N) is 1. The predicted octanol–water partition coefficient (Wildman–Crippen LogP) is 4.25. The Morgan fingerprint density at radius 2 is 1.75 bits per heavy atom. The predicted molar refractivity (Wildman–Crippen MR) is 83.9 cm³/mol. The summed E-state index contributed by atoms with van der Waals surface area (Å²) in [5.41, 5.74) is 7.40. The molecule has 0 saturated heterocycles. The van der Waals surface area contributed by atoms with Gasteiger partial charge in [0.1, 0.15) is 11.5 Å². The summed E-state index contributed by atoms with van der Waals surface area (Å²) in [6.07, 6.45) is 0. The maximum Gasteiger partial charge on any atom is 0.141 e. The minimum atomic E-state index is 0.386. The molecule has 4 heteroatoms. The molecule has 0 unspecified atom stereocenters. The van der Waals surface area contributed by atoms with E-state index < -0.39 is 0 Å². The van der Waals surface area contributed by atoms with Crippen molar-refractivity contribution >= 4 is 26.8 Å². The SMILES string of the molecule is NCc1cc(Oc2ccccc2Br)c2ccccc2n1. The summed E-state index contributed by atoms with van der Waals surface area (Å²) in [4.78, 5) is 4.50. The molecular weight excluding hydrogens is 316 g/mol. The van der Waals surface area contributed by atoms with Gasteiger partial charge >= 0.3 is 0 Å². The van der Waals surface area contributed by atoms with Gasteiger partial charge in [0.05, 0.1) is 15.7 Å². The van der Waals surface area contributed by atoms with Gasteiger partial charge in [-0.05, 0) is 40.2 Å². The summed E-state index contributed by atoms with van der Waals surface area (Å²) in [6.45, 7) is 0.386. The average Bonchev–Trinajstić information content (AvgIpc) is 2.49. The van der Waals surface area contributed by atoms with Crippen LogP contribution in [0.4, 0.5) is 0 Å². The van der Waals surface area contributed by atoms with E-state index in [0.29, 0.717) is 6.54 Å². The molecule has 0 radical (unpaired) electrons. The van der Waals surface area contributed by atoms with Crippen molar-refractivity contribution in [3.8, 4) is 11.5 Å². The zero-order valence-electron chi connectivity index (χ0n) is 10.7. The number of benzene rings is 2. The Kier molecular flexibility index (Phi) is 3.67. The van der Waals surface area contributed by atoms with Gasteiger partial charge < -0.3 is 10.5 Å². The molecule has 0 aliphatic carbocycles. The van der Waals surface area contributed by atoms with E-state index in [2.05, 4.69) is 20.9 Å². The van der Waals surface area contributed by atoms with E-state index in [1.165, 1.54) is 0 Å². The normalized spacial score (nSPS) is 10.7. The van der Waals surface area contributed by atoms with Crippen LogP contribution in [0.5, 0.6) is 11.5 Å². The van der Waals surface area contributed by atoms with Crippen LogP contribution in [-0.2, 0) is 6.54 Å². The van der Waals surface area contributed by atoms with Gasteiger partial charge in [0.15, 0.2) is 0 Å². The first-order chi connectivity index (χ1) is 9.78. The second-order valence-corrected chi connectivity index (χ2v) is 5.22. The van der Waals surface area contributed by atoms with Gasteiger partial charge in [0, 0.05) is 18.0 Å². The van der Waals surface area contributed by atoms with E-state index in [1.807, 2.05) is 54.6 Å². The van der Waals surface area contributed by atoms with Crippen molar-refractivity contribution in [2.45, 2.75) is 6.54 Å². The summed E-state index contributed by atoms with van der Waals surface area (Å²) in [5.74, 6) is 1.54. The van der Waals surface area contributed by atoms with E-state index in [0.717, 1.165) is 32.6 Å². The highest BCUT2D eigenvalue weighted by Crippen LogP contribution is 2.33. The fourth-order valence-electron chi connectivity index (χ4n) is 2.03. The molecule has 0 spiro atoms. The van der Waals surface area contributed by atoms with Crippen LogP contribution in [0.1, 0.15) is 5.69 Å². The van der Waals surface area contributed by atoms with Gasteiger partial charge in [0.25, 0.3) is 0 Å². The minimum absolute atomic E-state index is 0.386. The number of halogens is 1. The zero-order chi connectivity index (χ0) is 13.9. The van der Waals surface area contributed by atoms with Crippen LogP contribution < -0.4 is 10.5 Å². The van der Waals surface area contributed by atoms with Crippen LogP contribution in [0.15, 0.2) is 59.1 Å². The minimum Gasteiger partial charge on any atom is -0.455 e. The molecule has 0 bridgehead atoms. The van der Waals surface area contributed by atoms with Gasteiger partial charge in [-0.1, -0.05) is 24.3 Å². The van der Waals surface area contributed by atoms with E-state index in [1.54, 1.807) is 0 Å². The molecule has 0 fully saturated rings. The fraction of sp³-hybridized carbons (Fsp3) is 0.0625. The number of para-hydroxylation sites is 2. The molecule has 0 aliphatic heterocycles. The summed E-state index contributed by atoms with van der Waals surface area (Å²) < 4.78 is 6.93. The van der Waals surface area contributed by atoms with Crippen molar-refractivity contribution in [1.29, 1.82) is 0 Å². The van der Waals surface area contributed by atoms with Crippen molar-refractivity contribution in [2.75, 3.05) is 0 Å². The number of hydrogen-bond donors (Lipinski definition) is 1. The maximum absolute atomic E-state index is 6.02. The number of aromatic nitrogens is 1. The van der Waals surface area contributed by atoms with Crippen molar-refractivity contribution in [3.63, 3.8) is 0 Å². The summed E-state index contributed by atoms with van der Waals surface area (Å²) in [5, 5.41) is 0.973. The van der Waals surface area contributed by atoms with Crippen LogP contribution in [0.25, 0.3) is 10.9 Å². The summed E-state index contributed by atoms with van der Waals surface area (Å²) >= 11 is 3.49. The molecule has 0 amide bonds. The van der Waals surface area contributed by atoms with E-state index in [4.69, 9.17) is 10.5 Å². The fourth-order valence-corrected chi connectivity index (χ4v) is 2.40. The van der Waals surface area contributed by atoms with Crippen molar-refractivity contribution in [1.82, 2.24) is 4.98 Å². The molecule has 1 heterocycles. The second kappa shape index (κ2) is 5.61. The van der Waals surface area contributed by atoms with Crippen LogP contribution in [0.3, 0.4) is 0 Å². The average molecular weight is 329 g/mol. The number of ether oxygens (including phenoxy) is 1. The first-order valence-electron chi connectivity index (χ1n) is 6.29.